The Bertz CT molecular complexity index is 870. The van der Waals surface area contributed by atoms with Crippen molar-refractivity contribution >= 4 is 22.5 Å². The average molecular weight is 290 g/mol. The molecule has 6 nitrogen and oxygen atoms in total. The topological polar surface area (TPSA) is 72.7 Å². The van der Waals surface area contributed by atoms with Crippen LogP contribution in [0.15, 0.2) is 26.4 Å². The van der Waals surface area contributed by atoms with Gasteiger partial charge in [0.05, 0.1) is 0 Å². The summed E-state index contributed by atoms with van der Waals surface area (Å²) in [5.41, 5.74) is 1.06. The van der Waals surface area contributed by atoms with Gasteiger partial charge in [0.1, 0.15) is 11.3 Å². The van der Waals surface area contributed by atoms with Crippen molar-refractivity contribution in [1.29, 1.82) is 0 Å². The van der Waals surface area contributed by atoms with Crippen molar-refractivity contribution in [2.45, 2.75) is 19.9 Å². The molecule has 1 N–H and O–H groups in total. The van der Waals surface area contributed by atoms with Crippen LogP contribution in [0.2, 0.25) is 0 Å². The van der Waals surface area contributed by atoms with E-state index in [9.17, 15) is 9.59 Å². The molecule has 0 aromatic carbocycles. The van der Waals surface area contributed by atoms with Gasteiger partial charge in [0, 0.05) is 24.5 Å². The minimum atomic E-state index is -0.326. The van der Waals surface area contributed by atoms with Gasteiger partial charge >= 0.3 is 5.69 Å². The van der Waals surface area contributed by atoms with Gasteiger partial charge in [-0.25, -0.2) is 9.78 Å². The highest BCUT2D eigenvalue weighted by Gasteiger charge is 2.15. The molecule has 3 aromatic heterocycles. The molecule has 0 bridgehead atoms. The molecule has 0 amide bonds. The fourth-order valence-electron chi connectivity index (χ4n) is 2.21. The molecule has 0 aliphatic carbocycles. The maximum absolute atomic E-state index is 12.4. The van der Waals surface area contributed by atoms with Crippen LogP contribution in [0.1, 0.15) is 13.3 Å². The number of imidazole rings is 1. The summed E-state index contributed by atoms with van der Waals surface area (Å²) in [5.74, 6) is 0.614. The maximum Gasteiger partial charge on any atom is 0.332 e. The lowest BCUT2D eigenvalue weighted by atomic mass is 10.3. The van der Waals surface area contributed by atoms with Crippen LogP contribution >= 0.6 is 11.3 Å². The van der Waals surface area contributed by atoms with Crippen LogP contribution in [0, 0.1) is 0 Å². The third-order valence-electron chi connectivity index (χ3n) is 3.22. The average Bonchev–Trinajstić information content (AvgIpc) is 3.09. The summed E-state index contributed by atoms with van der Waals surface area (Å²) in [5, 5.41) is 3.89. The molecule has 0 saturated heterocycles. The Morgan fingerprint density at radius 3 is 2.85 bits per heavy atom. The second-order valence-electron chi connectivity index (χ2n) is 4.59. The van der Waals surface area contributed by atoms with E-state index in [0.29, 0.717) is 23.5 Å². The number of nitrogens with one attached hydrogen (secondary N) is 1. The molecule has 3 aromatic rings. The third kappa shape index (κ3) is 1.82. The molecular formula is C13H14N4O2S. The predicted molar refractivity (Wildman–Crippen MR) is 79.2 cm³/mol. The van der Waals surface area contributed by atoms with E-state index >= 15 is 0 Å². The molecule has 3 rings (SSSR count). The predicted octanol–water partition coefficient (Wildman–Crippen LogP) is 1.56. The Morgan fingerprint density at radius 2 is 2.20 bits per heavy atom. The van der Waals surface area contributed by atoms with Crippen LogP contribution in [-0.2, 0) is 13.6 Å². The fourth-order valence-corrected chi connectivity index (χ4v) is 2.85. The van der Waals surface area contributed by atoms with Crippen LogP contribution < -0.4 is 11.2 Å². The highest BCUT2D eigenvalue weighted by molar-refractivity contribution is 7.08. The molecule has 3 heterocycles. The van der Waals surface area contributed by atoms with E-state index in [1.807, 2.05) is 23.8 Å². The van der Waals surface area contributed by atoms with E-state index in [1.54, 1.807) is 18.4 Å². The van der Waals surface area contributed by atoms with Gasteiger partial charge in [-0.1, -0.05) is 6.92 Å². The molecule has 20 heavy (non-hydrogen) atoms. The van der Waals surface area contributed by atoms with Crippen molar-refractivity contribution in [3.63, 3.8) is 0 Å². The first-order valence-corrected chi connectivity index (χ1v) is 7.30. The smallest absolute Gasteiger partial charge is 0.332 e. The quantitative estimate of drug-likeness (QED) is 0.795. The fraction of sp³-hybridized carbons (Fsp3) is 0.308. The summed E-state index contributed by atoms with van der Waals surface area (Å²) in [6.45, 7) is 2.34. The van der Waals surface area contributed by atoms with E-state index in [1.165, 1.54) is 9.13 Å². The minimum absolute atomic E-state index is 0.307. The van der Waals surface area contributed by atoms with E-state index < -0.39 is 0 Å². The molecule has 0 atom stereocenters. The number of aromatic nitrogens is 4. The van der Waals surface area contributed by atoms with Crippen molar-refractivity contribution in [3.05, 3.63) is 37.7 Å². The van der Waals surface area contributed by atoms with Crippen LogP contribution in [0.3, 0.4) is 0 Å². The van der Waals surface area contributed by atoms with Gasteiger partial charge in [-0.2, -0.15) is 11.3 Å². The molecule has 0 unspecified atom stereocenters. The highest BCUT2D eigenvalue weighted by atomic mass is 32.1. The molecule has 0 spiro atoms. The Kier molecular flexibility index (Phi) is 3.06. The summed E-state index contributed by atoms with van der Waals surface area (Å²) in [6.07, 6.45) is 0.728. The van der Waals surface area contributed by atoms with Crippen molar-refractivity contribution in [2.24, 2.45) is 7.05 Å². The molecule has 104 valence electrons. The standard InChI is InChI=1S/C13H14N4O2S/c1-3-5-17-12(18)9-11(16(2)13(17)19)15-10(14-9)8-4-6-20-7-8/h4,6-7H,3,5H2,1-2H3,(H,14,15). The molecule has 0 fully saturated rings. The van der Waals surface area contributed by atoms with Crippen molar-refractivity contribution in [1.82, 2.24) is 19.1 Å². The Balaban J connectivity index is 2.34. The zero-order valence-electron chi connectivity index (χ0n) is 11.2. The first kappa shape index (κ1) is 12.9. The number of hydrogen-bond acceptors (Lipinski definition) is 4. The van der Waals surface area contributed by atoms with E-state index in [4.69, 9.17) is 0 Å². The number of nitrogens with zero attached hydrogens (tertiary/aromatic N) is 3. The van der Waals surface area contributed by atoms with Crippen LogP contribution in [-0.4, -0.2) is 19.1 Å². The molecule has 0 aliphatic rings. The molecule has 0 aliphatic heterocycles. The summed E-state index contributed by atoms with van der Waals surface area (Å²) in [6, 6.07) is 1.92. The highest BCUT2D eigenvalue weighted by Crippen LogP contribution is 2.20. The van der Waals surface area contributed by atoms with Crippen molar-refractivity contribution in [2.75, 3.05) is 0 Å². The van der Waals surface area contributed by atoms with Gasteiger partial charge in [0.25, 0.3) is 5.56 Å². The monoisotopic (exact) mass is 290 g/mol. The zero-order valence-corrected chi connectivity index (χ0v) is 12.0. The number of aryl methyl sites for hydroxylation is 1. The van der Waals surface area contributed by atoms with Crippen LogP contribution in [0.4, 0.5) is 0 Å². The summed E-state index contributed by atoms with van der Waals surface area (Å²) < 4.78 is 2.66. The summed E-state index contributed by atoms with van der Waals surface area (Å²) >= 11 is 1.56. The number of aromatic amines is 1. The second-order valence-corrected chi connectivity index (χ2v) is 5.37. The Labute approximate surface area is 118 Å². The second kappa shape index (κ2) is 4.75. The van der Waals surface area contributed by atoms with E-state index in [-0.39, 0.29) is 11.2 Å². The number of thiophene rings is 1. The van der Waals surface area contributed by atoms with Gasteiger partial charge in [-0.3, -0.25) is 13.9 Å². The number of H-pyrrole nitrogens is 1. The molecule has 7 heteroatoms. The molecule has 0 radical (unpaired) electrons. The van der Waals surface area contributed by atoms with E-state index in [0.717, 1.165) is 12.0 Å². The maximum atomic E-state index is 12.4. The lowest BCUT2D eigenvalue weighted by Crippen LogP contribution is -2.39. The number of rotatable bonds is 3. The van der Waals surface area contributed by atoms with Gasteiger partial charge in [-0.15, -0.1) is 0 Å². The van der Waals surface area contributed by atoms with Gasteiger partial charge in [0.2, 0.25) is 0 Å². The van der Waals surface area contributed by atoms with E-state index in [2.05, 4.69) is 9.97 Å². The van der Waals surface area contributed by atoms with Crippen LogP contribution in [0.5, 0.6) is 0 Å². The number of hydrogen-bond donors (Lipinski definition) is 1. The largest absolute Gasteiger partial charge is 0.332 e. The first-order valence-electron chi connectivity index (χ1n) is 6.35. The van der Waals surface area contributed by atoms with Crippen molar-refractivity contribution in [3.8, 4) is 11.4 Å². The minimum Gasteiger partial charge on any atom is -0.332 e. The molecule has 0 saturated carbocycles. The summed E-state index contributed by atoms with van der Waals surface area (Å²) in [7, 11) is 1.63. The third-order valence-corrected chi connectivity index (χ3v) is 3.90. The first-order chi connectivity index (χ1) is 9.63. The van der Waals surface area contributed by atoms with Gasteiger partial charge in [0.15, 0.2) is 5.65 Å². The van der Waals surface area contributed by atoms with Crippen LogP contribution in [0.25, 0.3) is 22.6 Å². The zero-order chi connectivity index (χ0) is 14.3. The normalized spacial score (nSPS) is 11.3. The lowest BCUT2D eigenvalue weighted by molar-refractivity contribution is 0.593. The lowest BCUT2D eigenvalue weighted by Gasteiger charge is -2.05. The van der Waals surface area contributed by atoms with Gasteiger partial charge < -0.3 is 4.98 Å². The number of fused-ring (bicyclic) bond motifs is 1. The summed E-state index contributed by atoms with van der Waals surface area (Å²) in [4.78, 5) is 31.9. The van der Waals surface area contributed by atoms with Gasteiger partial charge in [-0.05, 0) is 17.9 Å². The Morgan fingerprint density at radius 1 is 1.40 bits per heavy atom. The SMILES string of the molecule is CCCn1c(=O)c2[nH]c(-c3ccsc3)nc2n(C)c1=O. The van der Waals surface area contributed by atoms with Crippen molar-refractivity contribution < 1.29 is 0 Å². The Hall–Kier alpha value is -2.15. The molecular weight excluding hydrogens is 276 g/mol.